The van der Waals surface area contributed by atoms with Crippen molar-refractivity contribution < 1.29 is 4.79 Å². The summed E-state index contributed by atoms with van der Waals surface area (Å²) in [7, 11) is 0. The maximum absolute atomic E-state index is 11.8. The molecule has 0 spiro atoms. The van der Waals surface area contributed by atoms with Gasteiger partial charge < -0.3 is 10.2 Å². The summed E-state index contributed by atoms with van der Waals surface area (Å²) in [5, 5.41) is 14.2. The maximum Gasteiger partial charge on any atom is 0.226 e. The van der Waals surface area contributed by atoms with Gasteiger partial charge in [-0.15, -0.1) is 11.3 Å². The van der Waals surface area contributed by atoms with Crippen molar-refractivity contribution in [2.45, 2.75) is 26.2 Å². The SMILES string of the molecule is CC1CCN(CCC(=O)Nc2sccc2C#N)CC1. The summed E-state index contributed by atoms with van der Waals surface area (Å²) in [6.07, 6.45) is 2.95. The molecule has 2 heterocycles. The van der Waals surface area contributed by atoms with Gasteiger partial charge in [0.1, 0.15) is 11.1 Å². The van der Waals surface area contributed by atoms with Crippen LogP contribution in [0.4, 0.5) is 5.00 Å². The van der Waals surface area contributed by atoms with E-state index in [1.54, 1.807) is 6.07 Å². The Kier molecular flexibility index (Phi) is 4.94. The summed E-state index contributed by atoms with van der Waals surface area (Å²) in [5.74, 6) is 0.812. The molecule has 19 heavy (non-hydrogen) atoms. The second-order valence-electron chi connectivity index (χ2n) is 5.10. The number of nitriles is 1. The van der Waals surface area contributed by atoms with Gasteiger partial charge in [0.15, 0.2) is 0 Å². The zero-order valence-electron chi connectivity index (χ0n) is 11.2. The number of amides is 1. The van der Waals surface area contributed by atoms with Crippen LogP contribution in [0.15, 0.2) is 11.4 Å². The maximum atomic E-state index is 11.8. The van der Waals surface area contributed by atoms with Gasteiger partial charge in [0.05, 0.1) is 5.56 Å². The van der Waals surface area contributed by atoms with Gasteiger partial charge in [0, 0.05) is 13.0 Å². The van der Waals surface area contributed by atoms with Crippen LogP contribution in [0.25, 0.3) is 0 Å². The quantitative estimate of drug-likeness (QED) is 0.920. The van der Waals surface area contributed by atoms with E-state index in [1.807, 2.05) is 5.38 Å². The minimum absolute atomic E-state index is 0.00225. The number of likely N-dealkylation sites (tertiary alicyclic amines) is 1. The lowest BCUT2D eigenvalue weighted by atomic mass is 9.99. The highest BCUT2D eigenvalue weighted by Crippen LogP contribution is 2.22. The van der Waals surface area contributed by atoms with Crippen molar-refractivity contribution in [1.29, 1.82) is 5.26 Å². The zero-order valence-corrected chi connectivity index (χ0v) is 12.0. The lowest BCUT2D eigenvalue weighted by molar-refractivity contribution is -0.116. The third-order valence-corrected chi connectivity index (χ3v) is 4.40. The van der Waals surface area contributed by atoms with Crippen molar-refractivity contribution in [3.63, 3.8) is 0 Å². The fraction of sp³-hybridized carbons (Fsp3) is 0.571. The van der Waals surface area contributed by atoms with Gasteiger partial charge in [-0.05, 0) is 43.3 Å². The first-order chi connectivity index (χ1) is 9.19. The molecule has 1 aromatic rings. The molecule has 4 nitrogen and oxygen atoms in total. The topological polar surface area (TPSA) is 56.1 Å². The normalized spacial score (nSPS) is 17.1. The van der Waals surface area contributed by atoms with Gasteiger partial charge in [-0.25, -0.2) is 0 Å². The number of carbonyl (C=O) groups is 1. The highest BCUT2D eigenvalue weighted by molar-refractivity contribution is 7.14. The standard InChI is InChI=1S/C14H19N3OS/c1-11-2-6-17(7-3-11)8-4-13(18)16-14-12(10-15)5-9-19-14/h5,9,11H,2-4,6-8H2,1H3,(H,16,18). The number of thiophene rings is 1. The van der Waals surface area contributed by atoms with Crippen molar-refractivity contribution in [1.82, 2.24) is 4.90 Å². The van der Waals surface area contributed by atoms with Crippen LogP contribution in [0, 0.1) is 17.2 Å². The molecule has 0 bridgehead atoms. The van der Waals surface area contributed by atoms with Crippen LogP contribution >= 0.6 is 11.3 Å². The zero-order chi connectivity index (χ0) is 13.7. The molecule has 2 rings (SSSR count). The van der Waals surface area contributed by atoms with Gasteiger partial charge in [0.25, 0.3) is 0 Å². The summed E-state index contributed by atoms with van der Waals surface area (Å²) in [4.78, 5) is 14.2. The second-order valence-corrected chi connectivity index (χ2v) is 6.01. The van der Waals surface area contributed by atoms with Crippen molar-refractivity contribution in [3.05, 3.63) is 17.0 Å². The van der Waals surface area contributed by atoms with Crippen LogP contribution in [-0.2, 0) is 4.79 Å². The van der Waals surface area contributed by atoms with Gasteiger partial charge in [-0.3, -0.25) is 4.79 Å². The average molecular weight is 277 g/mol. The minimum atomic E-state index is -0.00225. The third-order valence-electron chi connectivity index (χ3n) is 3.57. The molecule has 102 valence electrons. The Morgan fingerprint density at radius 1 is 1.58 bits per heavy atom. The van der Waals surface area contributed by atoms with E-state index in [9.17, 15) is 4.79 Å². The van der Waals surface area contributed by atoms with E-state index < -0.39 is 0 Å². The first-order valence-corrected chi connectivity index (χ1v) is 7.57. The van der Waals surface area contributed by atoms with Crippen molar-refractivity contribution in [3.8, 4) is 6.07 Å². The number of anilines is 1. The Labute approximate surface area is 118 Å². The molecule has 1 aliphatic rings. The number of hydrogen-bond acceptors (Lipinski definition) is 4. The van der Waals surface area contributed by atoms with E-state index in [-0.39, 0.29) is 5.91 Å². The first kappa shape index (κ1) is 14.0. The Morgan fingerprint density at radius 3 is 3.00 bits per heavy atom. The van der Waals surface area contributed by atoms with Crippen molar-refractivity contribution in [2.75, 3.05) is 25.0 Å². The van der Waals surface area contributed by atoms with Gasteiger partial charge >= 0.3 is 0 Å². The average Bonchev–Trinajstić information content (AvgIpc) is 2.85. The molecule has 0 radical (unpaired) electrons. The molecule has 0 aliphatic carbocycles. The molecule has 1 aliphatic heterocycles. The molecule has 1 saturated heterocycles. The molecule has 1 amide bonds. The molecular formula is C14H19N3OS. The van der Waals surface area contributed by atoms with Crippen LogP contribution in [0.2, 0.25) is 0 Å². The van der Waals surface area contributed by atoms with Crippen molar-refractivity contribution >= 4 is 22.2 Å². The Bertz CT molecular complexity index is 469. The number of rotatable bonds is 4. The summed E-state index contributed by atoms with van der Waals surface area (Å²) in [5.41, 5.74) is 0.546. The second kappa shape index (κ2) is 6.69. The van der Waals surface area contributed by atoms with E-state index in [1.165, 1.54) is 24.2 Å². The Hall–Kier alpha value is -1.38. The van der Waals surface area contributed by atoms with E-state index in [0.29, 0.717) is 17.0 Å². The third kappa shape index (κ3) is 4.05. The monoisotopic (exact) mass is 277 g/mol. The van der Waals surface area contributed by atoms with Crippen LogP contribution in [0.3, 0.4) is 0 Å². The first-order valence-electron chi connectivity index (χ1n) is 6.69. The molecular weight excluding hydrogens is 258 g/mol. The highest BCUT2D eigenvalue weighted by Gasteiger charge is 2.16. The lowest BCUT2D eigenvalue weighted by Gasteiger charge is -2.29. The van der Waals surface area contributed by atoms with Crippen LogP contribution in [-0.4, -0.2) is 30.4 Å². The Balaban J connectivity index is 1.75. The van der Waals surface area contributed by atoms with Crippen molar-refractivity contribution in [2.24, 2.45) is 5.92 Å². The Morgan fingerprint density at radius 2 is 2.32 bits per heavy atom. The van der Waals surface area contributed by atoms with E-state index in [4.69, 9.17) is 5.26 Å². The predicted molar refractivity (Wildman–Crippen MR) is 77.1 cm³/mol. The number of hydrogen-bond donors (Lipinski definition) is 1. The van der Waals surface area contributed by atoms with Gasteiger partial charge in [-0.2, -0.15) is 5.26 Å². The number of nitrogens with one attached hydrogen (secondary N) is 1. The summed E-state index contributed by atoms with van der Waals surface area (Å²) >= 11 is 1.40. The fourth-order valence-corrected chi connectivity index (χ4v) is 2.98. The van der Waals surface area contributed by atoms with Crippen LogP contribution in [0.1, 0.15) is 31.7 Å². The van der Waals surface area contributed by atoms with Crippen LogP contribution in [0.5, 0.6) is 0 Å². The molecule has 0 saturated carbocycles. The summed E-state index contributed by atoms with van der Waals surface area (Å²) in [6, 6.07) is 3.81. The number of carbonyl (C=O) groups excluding carboxylic acids is 1. The van der Waals surface area contributed by atoms with E-state index in [2.05, 4.69) is 23.2 Å². The summed E-state index contributed by atoms with van der Waals surface area (Å²) < 4.78 is 0. The predicted octanol–water partition coefficient (Wildman–Crippen LogP) is 2.68. The minimum Gasteiger partial charge on any atom is -0.317 e. The van der Waals surface area contributed by atoms with E-state index >= 15 is 0 Å². The molecule has 1 fully saturated rings. The van der Waals surface area contributed by atoms with E-state index in [0.717, 1.165) is 25.6 Å². The molecule has 0 atom stereocenters. The molecule has 5 heteroatoms. The van der Waals surface area contributed by atoms with Gasteiger partial charge in [-0.1, -0.05) is 6.92 Å². The summed E-state index contributed by atoms with van der Waals surface area (Å²) in [6.45, 7) is 5.28. The van der Waals surface area contributed by atoms with Gasteiger partial charge in [0.2, 0.25) is 5.91 Å². The molecule has 0 aromatic carbocycles. The largest absolute Gasteiger partial charge is 0.317 e. The molecule has 1 aromatic heterocycles. The lowest BCUT2D eigenvalue weighted by Crippen LogP contribution is -2.35. The number of piperidine rings is 1. The highest BCUT2D eigenvalue weighted by atomic mass is 32.1. The smallest absolute Gasteiger partial charge is 0.226 e. The number of nitrogens with zero attached hydrogens (tertiary/aromatic N) is 2. The van der Waals surface area contributed by atoms with Crippen LogP contribution < -0.4 is 5.32 Å². The molecule has 1 N–H and O–H groups in total. The fourth-order valence-electron chi connectivity index (χ4n) is 2.23. The molecule has 0 unspecified atom stereocenters.